The van der Waals surface area contributed by atoms with Crippen molar-refractivity contribution in [3.8, 4) is 11.1 Å². The Morgan fingerprint density at radius 1 is 1.17 bits per heavy atom. The summed E-state index contributed by atoms with van der Waals surface area (Å²) < 4.78 is 48.5. The Hall–Kier alpha value is -2.25. The number of nitrogens with zero attached hydrogens (tertiary/aromatic N) is 1. The van der Waals surface area contributed by atoms with Crippen molar-refractivity contribution in [3.63, 3.8) is 0 Å². The number of ether oxygens (including phenoxy) is 1. The van der Waals surface area contributed by atoms with Crippen LogP contribution in [0.2, 0.25) is 0 Å². The standard InChI is InChI=1S/C28H34F3NO3/c1-16(35-4)26-24(19-12-17(15-33)10-11-20(19)28(29,30)31)23(18-8-6-5-7-9-18)25-21(32-26)13-27(2,3)14-22(25)34/h10-12,15-16,18,22,34H,5-9,13-14H2,1-4H3. The third-order valence-corrected chi connectivity index (χ3v) is 7.61. The van der Waals surface area contributed by atoms with E-state index in [1.807, 2.05) is 0 Å². The smallest absolute Gasteiger partial charge is 0.388 e. The normalized spacial score (nSPS) is 21.4. The van der Waals surface area contributed by atoms with Gasteiger partial charge in [0.1, 0.15) is 6.29 Å². The summed E-state index contributed by atoms with van der Waals surface area (Å²) >= 11 is 0. The number of methoxy groups -OCH3 is 1. The summed E-state index contributed by atoms with van der Waals surface area (Å²) in [5.74, 6) is 0.00939. The lowest BCUT2D eigenvalue weighted by Gasteiger charge is -2.39. The molecule has 1 heterocycles. The van der Waals surface area contributed by atoms with Crippen LogP contribution in [-0.4, -0.2) is 23.5 Å². The number of pyridine rings is 1. The van der Waals surface area contributed by atoms with Gasteiger partial charge in [-0.2, -0.15) is 13.2 Å². The van der Waals surface area contributed by atoms with Crippen molar-refractivity contribution >= 4 is 6.29 Å². The van der Waals surface area contributed by atoms with E-state index in [1.165, 1.54) is 19.2 Å². The monoisotopic (exact) mass is 489 g/mol. The Kier molecular flexibility index (Phi) is 7.13. The summed E-state index contributed by atoms with van der Waals surface area (Å²) in [5.41, 5.74) is 2.12. The second kappa shape index (κ2) is 9.66. The molecule has 4 nitrogen and oxygen atoms in total. The van der Waals surface area contributed by atoms with Gasteiger partial charge in [-0.25, -0.2) is 0 Å². The highest BCUT2D eigenvalue weighted by Crippen LogP contribution is 2.51. The molecule has 1 N–H and O–H groups in total. The lowest BCUT2D eigenvalue weighted by Crippen LogP contribution is -2.30. The first kappa shape index (κ1) is 25.8. The molecule has 0 spiro atoms. The van der Waals surface area contributed by atoms with E-state index in [4.69, 9.17) is 9.72 Å². The second-order valence-electron chi connectivity index (χ2n) is 10.8. The summed E-state index contributed by atoms with van der Waals surface area (Å²) in [6.07, 6.45) is 0.445. The molecular formula is C28H34F3NO3. The van der Waals surface area contributed by atoms with Gasteiger partial charge in [0.05, 0.1) is 23.5 Å². The lowest BCUT2D eigenvalue weighted by atomic mass is 9.69. The Morgan fingerprint density at radius 3 is 2.46 bits per heavy atom. The van der Waals surface area contributed by atoms with Gasteiger partial charge < -0.3 is 9.84 Å². The van der Waals surface area contributed by atoms with Crippen molar-refractivity contribution in [1.29, 1.82) is 0 Å². The molecule has 0 radical (unpaired) electrons. The number of hydrogen-bond donors (Lipinski definition) is 1. The van der Waals surface area contributed by atoms with E-state index in [-0.39, 0.29) is 22.5 Å². The zero-order valence-electron chi connectivity index (χ0n) is 20.8. The van der Waals surface area contributed by atoms with Crippen LogP contribution in [0.4, 0.5) is 13.2 Å². The molecule has 0 aliphatic heterocycles. The zero-order chi connectivity index (χ0) is 25.5. The number of carbonyl (C=O) groups excluding carboxylic acids is 1. The van der Waals surface area contributed by atoms with E-state index >= 15 is 0 Å². The Bertz CT molecular complexity index is 1100. The van der Waals surface area contributed by atoms with Crippen LogP contribution >= 0.6 is 0 Å². The predicted molar refractivity (Wildman–Crippen MR) is 128 cm³/mol. The van der Waals surface area contributed by atoms with Gasteiger partial charge in [-0.3, -0.25) is 9.78 Å². The summed E-state index contributed by atoms with van der Waals surface area (Å²) in [6.45, 7) is 5.93. The summed E-state index contributed by atoms with van der Waals surface area (Å²) in [6, 6.07) is 3.49. The van der Waals surface area contributed by atoms with Crippen LogP contribution in [0.15, 0.2) is 18.2 Å². The van der Waals surface area contributed by atoms with Gasteiger partial charge in [-0.15, -0.1) is 0 Å². The average molecular weight is 490 g/mol. The fourth-order valence-corrected chi connectivity index (χ4v) is 5.94. The number of benzene rings is 1. The number of aliphatic hydroxyl groups excluding tert-OH is 1. The van der Waals surface area contributed by atoms with Gasteiger partial charge in [0.2, 0.25) is 0 Å². The summed E-state index contributed by atoms with van der Waals surface area (Å²) in [7, 11) is 1.52. The maximum atomic E-state index is 14.3. The summed E-state index contributed by atoms with van der Waals surface area (Å²) in [5, 5.41) is 11.3. The van der Waals surface area contributed by atoms with Crippen molar-refractivity contribution < 1.29 is 27.8 Å². The number of halogens is 3. The molecule has 4 rings (SSSR count). The minimum Gasteiger partial charge on any atom is -0.388 e. The SMILES string of the molecule is COC(C)c1nc2c(c(C3CCCCC3)c1-c1cc(C=O)ccc1C(F)(F)F)C(O)CC(C)(C)C2. The summed E-state index contributed by atoms with van der Waals surface area (Å²) in [4.78, 5) is 16.5. The molecule has 35 heavy (non-hydrogen) atoms. The molecule has 2 atom stereocenters. The third kappa shape index (κ3) is 5.03. The van der Waals surface area contributed by atoms with Crippen LogP contribution < -0.4 is 0 Å². The van der Waals surface area contributed by atoms with Crippen molar-refractivity contribution in [2.45, 2.75) is 90.0 Å². The van der Waals surface area contributed by atoms with Gasteiger partial charge >= 0.3 is 6.18 Å². The lowest BCUT2D eigenvalue weighted by molar-refractivity contribution is -0.137. The molecule has 7 heteroatoms. The first-order valence-electron chi connectivity index (χ1n) is 12.4. The number of hydrogen-bond acceptors (Lipinski definition) is 4. The molecule has 2 aliphatic carbocycles. The molecule has 0 bridgehead atoms. The molecule has 190 valence electrons. The molecule has 1 aromatic heterocycles. The minimum absolute atomic E-state index is 0.00939. The van der Waals surface area contributed by atoms with Crippen LogP contribution in [-0.2, 0) is 17.3 Å². The van der Waals surface area contributed by atoms with Crippen LogP contribution in [0.25, 0.3) is 11.1 Å². The molecular weight excluding hydrogens is 455 g/mol. The van der Waals surface area contributed by atoms with Crippen molar-refractivity contribution in [3.05, 3.63) is 51.8 Å². The maximum Gasteiger partial charge on any atom is 0.417 e. The third-order valence-electron chi connectivity index (χ3n) is 7.61. The van der Waals surface area contributed by atoms with Gasteiger partial charge in [-0.1, -0.05) is 39.2 Å². The molecule has 1 fully saturated rings. The van der Waals surface area contributed by atoms with Gasteiger partial charge in [0.25, 0.3) is 0 Å². The van der Waals surface area contributed by atoms with Gasteiger partial charge in [-0.05, 0) is 67.2 Å². The first-order chi connectivity index (χ1) is 16.5. The van der Waals surface area contributed by atoms with Crippen molar-refractivity contribution in [2.24, 2.45) is 5.41 Å². The molecule has 2 unspecified atom stereocenters. The van der Waals surface area contributed by atoms with E-state index in [2.05, 4.69) is 13.8 Å². The van der Waals surface area contributed by atoms with E-state index in [0.717, 1.165) is 49.4 Å². The average Bonchev–Trinajstić information content (AvgIpc) is 2.81. The van der Waals surface area contributed by atoms with E-state index in [0.29, 0.717) is 35.9 Å². The fourth-order valence-electron chi connectivity index (χ4n) is 5.94. The number of carbonyl (C=O) groups is 1. The number of aliphatic hydroxyl groups is 1. The van der Waals surface area contributed by atoms with Crippen LogP contribution in [0, 0.1) is 5.41 Å². The highest BCUT2D eigenvalue weighted by Gasteiger charge is 2.41. The minimum atomic E-state index is -4.62. The van der Waals surface area contributed by atoms with Crippen molar-refractivity contribution in [1.82, 2.24) is 4.98 Å². The topological polar surface area (TPSA) is 59.4 Å². The number of fused-ring (bicyclic) bond motifs is 1. The van der Waals surface area contributed by atoms with Gasteiger partial charge in [0, 0.05) is 29.5 Å². The second-order valence-corrected chi connectivity index (χ2v) is 10.8. The van der Waals surface area contributed by atoms with Crippen LogP contribution in [0.3, 0.4) is 0 Å². The molecule has 2 aliphatic rings. The molecule has 2 aromatic rings. The quantitative estimate of drug-likeness (QED) is 0.447. The predicted octanol–water partition coefficient (Wildman–Crippen LogP) is 7.34. The first-order valence-corrected chi connectivity index (χ1v) is 12.4. The zero-order valence-corrected chi connectivity index (χ0v) is 20.8. The van der Waals surface area contributed by atoms with Gasteiger partial charge in [0.15, 0.2) is 0 Å². The Balaban J connectivity index is 2.14. The number of aromatic nitrogens is 1. The number of aldehydes is 1. The molecule has 0 saturated heterocycles. The highest BCUT2D eigenvalue weighted by molar-refractivity contribution is 5.83. The number of rotatable bonds is 5. The maximum absolute atomic E-state index is 14.3. The fraction of sp³-hybridized carbons (Fsp3) is 0.571. The highest BCUT2D eigenvalue weighted by atomic mass is 19.4. The van der Waals surface area contributed by atoms with E-state index in [1.54, 1.807) is 6.92 Å². The van der Waals surface area contributed by atoms with Crippen molar-refractivity contribution in [2.75, 3.05) is 7.11 Å². The largest absolute Gasteiger partial charge is 0.417 e. The molecule has 1 aromatic carbocycles. The number of alkyl halides is 3. The van der Waals surface area contributed by atoms with E-state index < -0.39 is 23.9 Å². The van der Waals surface area contributed by atoms with Crippen LogP contribution in [0.5, 0.6) is 0 Å². The van der Waals surface area contributed by atoms with E-state index in [9.17, 15) is 23.1 Å². The Labute approximate surface area is 204 Å². The molecule has 1 saturated carbocycles. The molecule has 0 amide bonds. The Morgan fingerprint density at radius 2 is 1.86 bits per heavy atom. The van der Waals surface area contributed by atoms with Crippen LogP contribution in [0.1, 0.15) is 116 Å².